The lowest BCUT2D eigenvalue weighted by Gasteiger charge is -2.40. The van der Waals surface area contributed by atoms with Gasteiger partial charge in [0.2, 0.25) is 0 Å². The summed E-state index contributed by atoms with van der Waals surface area (Å²) in [5.41, 5.74) is 6.38. The van der Waals surface area contributed by atoms with Gasteiger partial charge in [-0.3, -0.25) is 0 Å². The molecule has 1 saturated heterocycles. The number of aliphatic hydroxyl groups excluding tert-OH is 4. The Morgan fingerprint density at radius 3 is 2.36 bits per heavy atom. The Morgan fingerprint density at radius 1 is 1.00 bits per heavy atom. The van der Waals surface area contributed by atoms with Gasteiger partial charge in [0.25, 0.3) is 0 Å². The van der Waals surface area contributed by atoms with Crippen molar-refractivity contribution in [1.29, 1.82) is 0 Å². The van der Waals surface area contributed by atoms with Gasteiger partial charge >= 0.3 is 0 Å². The molecular weight excluding hydrogens is 420 g/mol. The maximum absolute atomic E-state index is 10.7. The molecule has 0 saturated carbocycles. The number of hydrogen-bond acceptors (Lipinski definition) is 6. The van der Waals surface area contributed by atoms with Gasteiger partial charge in [0.05, 0.1) is 13.7 Å². The van der Waals surface area contributed by atoms with Crippen molar-refractivity contribution in [2.24, 2.45) is 0 Å². The first-order valence-corrected chi connectivity index (χ1v) is 11.6. The van der Waals surface area contributed by atoms with E-state index in [1.165, 1.54) is 11.1 Å². The molecule has 33 heavy (non-hydrogen) atoms. The fourth-order valence-electron chi connectivity index (χ4n) is 4.53. The first-order chi connectivity index (χ1) is 15.8. The van der Waals surface area contributed by atoms with Crippen LogP contribution in [0.4, 0.5) is 0 Å². The number of rotatable bonds is 8. The molecule has 4 N–H and O–H groups in total. The highest BCUT2D eigenvalue weighted by molar-refractivity contribution is 5.53. The predicted molar refractivity (Wildman–Crippen MR) is 128 cm³/mol. The number of allylic oxidation sites excluding steroid dienone is 1. The van der Waals surface area contributed by atoms with Crippen molar-refractivity contribution in [3.05, 3.63) is 69.8 Å². The summed E-state index contributed by atoms with van der Waals surface area (Å²) in [6, 6.07) is 10.3. The molecule has 0 aliphatic carbocycles. The minimum Gasteiger partial charge on any atom is -0.496 e. The zero-order chi connectivity index (χ0) is 24.1. The van der Waals surface area contributed by atoms with Crippen LogP contribution in [0.15, 0.2) is 36.4 Å². The zero-order valence-electron chi connectivity index (χ0n) is 19.9. The fraction of sp³-hybridized carbons (Fsp3) is 0.481. The van der Waals surface area contributed by atoms with Crippen LogP contribution in [0.1, 0.15) is 59.8 Å². The molecule has 1 aliphatic rings. The van der Waals surface area contributed by atoms with E-state index in [0.717, 1.165) is 29.5 Å². The molecule has 2 aromatic carbocycles. The lowest BCUT2D eigenvalue weighted by molar-refractivity contribution is -0.232. The van der Waals surface area contributed by atoms with Crippen LogP contribution in [0.25, 0.3) is 6.08 Å². The van der Waals surface area contributed by atoms with Crippen LogP contribution in [0, 0.1) is 6.92 Å². The van der Waals surface area contributed by atoms with E-state index in [1.54, 1.807) is 7.11 Å². The zero-order valence-corrected chi connectivity index (χ0v) is 19.9. The Balaban J connectivity index is 2.05. The third-order valence-corrected chi connectivity index (χ3v) is 6.38. The molecular formula is C27H36O6. The SMILES string of the molecule is C/C=C/c1ccc(Cc2cc([C@@H]3O[C@H](CO)[C@@H](O)[C@H](O)[C@H]3O)c(OC)cc2CCC)c(C)c1. The van der Waals surface area contributed by atoms with E-state index < -0.39 is 37.1 Å². The van der Waals surface area contributed by atoms with Crippen molar-refractivity contribution in [3.8, 4) is 5.75 Å². The molecule has 3 rings (SSSR count). The Morgan fingerprint density at radius 2 is 1.76 bits per heavy atom. The smallest absolute Gasteiger partial charge is 0.125 e. The second-order valence-corrected chi connectivity index (χ2v) is 8.73. The Labute approximate surface area is 196 Å². The van der Waals surface area contributed by atoms with Crippen LogP contribution in [0.3, 0.4) is 0 Å². The van der Waals surface area contributed by atoms with Crippen molar-refractivity contribution in [3.63, 3.8) is 0 Å². The van der Waals surface area contributed by atoms with Crippen LogP contribution < -0.4 is 4.74 Å². The van der Waals surface area contributed by atoms with Gasteiger partial charge in [-0.05, 0) is 66.6 Å². The molecule has 5 atom stereocenters. The van der Waals surface area contributed by atoms with E-state index in [2.05, 4.69) is 38.1 Å². The number of ether oxygens (including phenoxy) is 2. The van der Waals surface area contributed by atoms with Crippen molar-refractivity contribution >= 4 is 6.08 Å². The average molecular weight is 457 g/mol. The van der Waals surface area contributed by atoms with Gasteiger partial charge < -0.3 is 29.9 Å². The number of methoxy groups -OCH3 is 1. The molecule has 0 aromatic heterocycles. The molecule has 180 valence electrons. The van der Waals surface area contributed by atoms with Gasteiger partial charge in [0, 0.05) is 5.56 Å². The molecule has 0 radical (unpaired) electrons. The molecule has 0 spiro atoms. The second-order valence-electron chi connectivity index (χ2n) is 8.73. The predicted octanol–water partition coefficient (Wildman–Crippen LogP) is 3.09. The van der Waals surface area contributed by atoms with Crippen LogP contribution in [-0.2, 0) is 17.6 Å². The maximum Gasteiger partial charge on any atom is 0.125 e. The van der Waals surface area contributed by atoms with Gasteiger partial charge in [0.1, 0.15) is 36.3 Å². The molecule has 0 bridgehead atoms. The van der Waals surface area contributed by atoms with Crippen LogP contribution >= 0.6 is 0 Å². The third kappa shape index (κ3) is 5.48. The molecule has 0 amide bonds. The number of benzene rings is 2. The molecule has 6 heteroatoms. The molecule has 2 aromatic rings. The van der Waals surface area contributed by atoms with E-state index in [-0.39, 0.29) is 0 Å². The molecule has 0 unspecified atom stereocenters. The average Bonchev–Trinajstić information content (AvgIpc) is 2.80. The summed E-state index contributed by atoms with van der Waals surface area (Å²) in [4.78, 5) is 0. The van der Waals surface area contributed by atoms with E-state index in [4.69, 9.17) is 9.47 Å². The van der Waals surface area contributed by atoms with Crippen LogP contribution in [0.2, 0.25) is 0 Å². The van der Waals surface area contributed by atoms with E-state index in [9.17, 15) is 20.4 Å². The highest BCUT2D eigenvalue weighted by Gasteiger charge is 2.45. The highest BCUT2D eigenvalue weighted by atomic mass is 16.5. The molecule has 1 fully saturated rings. The van der Waals surface area contributed by atoms with Crippen molar-refractivity contribution in [1.82, 2.24) is 0 Å². The minimum absolute atomic E-state index is 0.470. The summed E-state index contributed by atoms with van der Waals surface area (Å²) in [6.45, 7) is 5.75. The van der Waals surface area contributed by atoms with E-state index in [0.29, 0.717) is 17.7 Å². The Bertz CT molecular complexity index is 967. The summed E-state index contributed by atoms with van der Waals surface area (Å²) in [5.74, 6) is 0.548. The normalized spacial score (nSPS) is 25.5. The summed E-state index contributed by atoms with van der Waals surface area (Å²) in [7, 11) is 1.56. The second kappa shape index (κ2) is 11.3. The largest absolute Gasteiger partial charge is 0.496 e. The minimum atomic E-state index is -1.44. The first-order valence-electron chi connectivity index (χ1n) is 11.6. The summed E-state index contributed by atoms with van der Waals surface area (Å²) < 4.78 is 11.5. The van der Waals surface area contributed by atoms with Crippen LogP contribution in [-0.4, -0.2) is 58.6 Å². The first kappa shape index (κ1) is 25.4. The molecule has 6 nitrogen and oxygen atoms in total. The van der Waals surface area contributed by atoms with Crippen molar-refractivity contribution < 1.29 is 29.9 Å². The topological polar surface area (TPSA) is 99.4 Å². The van der Waals surface area contributed by atoms with Crippen molar-refractivity contribution in [2.75, 3.05) is 13.7 Å². The van der Waals surface area contributed by atoms with E-state index in [1.807, 2.05) is 25.1 Å². The lowest BCUT2D eigenvalue weighted by atomic mass is 9.87. The lowest BCUT2D eigenvalue weighted by Crippen LogP contribution is -2.55. The third-order valence-electron chi connectivity index (χ3n) is 6.38. The summed E-state index contributed by atoms with van der Waals surface area (Å²) >= 11 is 0. The monoisotopic (exact) mass is 456 g/mol. The Kier molecular flexibility index (Phi) is 8.68. The number of aliphatic hydroxyl groups is 4. The molecule has 1 heterocycles. The summed E-state index contributed by atoms with van der Waals surface area (Å²) in [6.07, 6.45) is 0.519. The number of hydrogen-bond donors (Lipinski definition) is 4. The van der Waals surface area contributed by atoms with Gasteiger partial charge in [-0.2, -0.15) is 0 Å². The van der Waals surface area contributed by atoms with Gasteiger partial charge in [-0.15, -0.1) is 0 Å². The van der Waals surface area contributed by atoms with Gasteiger partial charge in [-0.1, -0.05) is 43.7 Å². The van der Waals surface area contributed by atoms with Gasteiger partial charge in [0.15, 0.2) is 0 Å². The molecule has 1 aliphatic heterocycles. The summed E-state index contributed by atoms with van der Waals surface area (Å²) in [5, 5.41) is 40.8. The standard InChI is InChI=1S/C27H36O6/c1-5-7-17-9-10-18(16(3)11-17)12-20-13-21(22(32-4)14-19(20)8-6-2)27-26(31)25(30)24(29)23(15-28)33-27/h5,7,9-11,13-14,23-31H,6,8,12,15H2,1-4H3/b7-5+/t23-,24-,25+,26-,27+/m1/s1. The number of aryl methyl sites for hydroxylation is 2. The maximum atomic E-state index is 10.7. The van der Waals surface area contributed by atoms with Crippen molar-refractivity contribution in [2.45, 2.75) is 70.6 Å². The van der Waals surface area contributed by atoms with Crippen LogP contribution in [0.5, 0.6) is 5.75 Å². The Hall–Kier alpha value is -2.22. The highest BCUT2D eigenvalue weighted by Crippen LogP contribution is 2.39. The van der Waals surface area contributed by atoms with E-state index >= 15 is 0 Å². The van der Waals surface area contributed by atoms with Gasteiger partial charge in [-0.25, -0.2) is 0 Å². The quantitative estimate of drug-likeness (QED) is 0.487. The fourth-order valence-corrected chi connectivity index (χ4v) is 4.53.